The van der Waals surface area contributed by atoms with Gasteiger partial charge in [-0.1, -0.05) is 34.6 Å². The summed E-state index contributed by atoms with van der Waals surface area (Å²) >= 11 is 0. The zero-order valence-electron chi connectivity index (χ0n) is 17.1. The van der Waals surface area contributed by atoms with Gasteiger partial charge < -0.3 is 4.74 Å². The summed E-state index contributed by atoms with van der Waals surface area (Å²) in [5.41, 5.74) is 0. The molecule has 0 N–H and O–H groups in total. The molecule has 192 valence electrons. The van der Waals surface area contributed by atoms with Gasteiger partial charge in [0.25, 0.3) is 0 Å². The predicted molar refractivity (Wildman–Crippen MR) is 106 cm³/mol. The third-order valence-corrected chi connectivity index (χ3v) is 11.0. The van der Waals surface area contributed by atoms with Gasteiger partial charge in [0, 0.05) is 21.8 Å². The fourth-order valence-electron chi connectivity index (χ4n) is 3.58. The molecular weight excluding hydrogens is 527 g/mol. The molecule has 0 atom stereocenters. The Hall–Kier alpha value is -1.87. The van der Waals surface area contributed by atoms with Crippen molar-refractivity contribution >= 4 is 31.2 Å². The van der Waals surface area contributed by atoms with Crippen LogP contribution in [0.2, 0.25) is 0 Å². The molecule has 0 amide bonds. The lowest BCUT2D eigenvalue weighted by molar-refractivity contribution is -0.382. The number of rotatable bonds is 7. The molecule has 2 aromatic rings. The summed E-state index contributed by atoms with van der Waals surface area (Å²) < 4.78 is 155. The van der Waals surface area contributed by atoms with Crippen molar-refractivity contribution in [1.82, 2.24) is 0 Å². The van der Waals surface area contributed by atoms with E-state index < -0.39 is 43.7 Å². The molecule has 2 aromatic carbocycles. The van der Waals surface area contributed by atoms with Gasteiger partial charge >= 0.3 is 33.4 Å². The van der Waals surface area contributed by atoms with Gasteiger partial charge in [0.2, 0.25) is 0 Å². The Kier molecular flexibility index (Phi) is 6.57. The normalized spacial score (nSPS) is 18.8. The second kappa shape index (κ2) is 8.36. The molecular formula is C19H17F9O4S2. The predicted octanol–water partition coefficient (Wildman–Crippen LogP) is 6.49. The molecule has 1 fully saturated rings. The van der Waals surface area contributed by atoms with Crippen molar-refractivity contribution in [2.45, 2.75) is 41.0 Å². The van der Waals surface area contributed by atoms with Crippen molar-refractivity contribution in [3.63, 3.8) is 0 Å². The summed E-state index contributed by atoms with van der Waals surface area (Å²) in [7, 11) is -9.03. The van der Waals surface area contributed by atoms with Gasteiger partial charge in [0.15, 0.2) is 0 Å². The highest BCUT2D eigenvalue weighted by Gasteiger charge is 2.86. The highest BCUT2D eigenvalue weighted by atomic mass is 32.3. The second-order valence-corrected chi connectivity index (χ2v) is 12.3. The number of hydrogen-bond donors (Lipinski definition) is 0. The molecule has 0 radical (unpaired) electrons. The molecule has 3 rings (SSSR count). The van der Waals surface area contributed by atoms with E-state index in [1.165, 1.54) is 31.4 Å². The summed E-state index contributed by atoms with van der Waals surface area (Å²) in [6.45, 7) is 0. The Morgan fingerprint density at radius 1 is 0.794 bits per heavy atom. The monoisotopic (exact) mass is 544 g/mol. The molecule has 0 aromatic heterocycles. The number of halogens is 9. The van der Waals surface area contributed by atoms with Crippen LogP contribution in [-0.2, 0) is 13.7 Å². The minimum absolute atomic E-state index is 0.0340. The number of alkyl halides is 9. The second-order valence-electron chi connectivity index (χ2n) is 7.42. The molecule has 1 saturated heterocycles. The number of hydrogen-bond acceptors (Lipinski definition) is 4. The van der Waals surface area contributed by atoms with E-state index in [1.807, 2.05) is 0 Å². The molecule has 0 unspecified atom stereocenters. The van der Waals surface area contributed by atoms with Crippen molar-refractivity contribution in [3.05, 3.63) is 36.4 Å². The van der Waals surface area contributed by atoms with Gasteiger partial charge in [0.1, 0.15) is 5.75 Å². The van der Waals surface area contributed by atoms with Crippen molar-refractivity contribution in [2.24, 2.45) is 0 Å². The minimum atomic E-state index is -7.36. The maximum Gasteiger partial charge on any atom is 0.460 e. The average Bonchev–Trinajstić information content (AvgIpc) is 3.20. The van der Waals surface area contributed by atoms with Crippen LogP contribution in [0, 0.1) is 0 Å². The van der Waals surface area contributed by atoms with Crippen molar-refractivity contribution in [2.75, 3.05) is 18.6 Å². The Labute approximate surface area is 189 Å². The fourth-order valence-corrected chi connectivity index (χ4v) is 9.45. The smallest absolute Gasteiger partial charge is 0.460 e. The zero-order chi connectivity index (χ0) is 25.8. The van der Waals surface area contributed by atoms with Crippen molar-refractivity contribution in [1.29, 1.82) is 0 Å². The number of benzene rings is 2. The van der Waals surface area contributed by atoms with E-state index in [1.54, 1.807) is 12.1 Å². The molecule has 0 spiro atoms. The van der Waals surface area contributed by atoms with E-state index in [4.69, 9.17) is 4.74 Å². The molecule has 34 heavy (non-hydrogen) atoms. The van der Waals surface area contributed by atoms with Crippen molar-refractivity contribution in [3.8, 4) is 5.75 Å². The highest BCUT2D eigenvalue weighted by molar-refractivity contribution is 8.33. The van der Waals surface area contributed by atoms with Gasteiger partial charge in [-0.05, 0) is 30.4 Å². The third-order valence-electron chi connectivity index (χ3n) is 5.31. The van der Waals surface area contributed by atoms with Gasteiger partial charge in [-0.15, -0.1) is 0 Å². The van der Waals surface area contributed by atoms with Gasteiger partial charge in [-0.2, -0.15) is 47.9 Å². The number of fused-ring (bicyclic) bond motifs is 1. The van der Waals surface area contributed by atoms with Crippen LogP contribution in [0.1, 0.15) is 12.8 Å². The van der Waals surface area contributed by atoms with Gasteiger partial charge in [-0.25, -0.2) is 3.63 Å². The van der Waals surface area contributed by atoms with E-state index in [9.17, 15) is 47.9 Å². The van der Waals surface area contributed by atoms with Gasteiger partial charge in [-0.3, -0.25) is 0 Å². The maximum absolute atomic E-state index is 14.3. The molecule has 15 heteroatoms. The third kappa shape index (κ3) is 3.88. The van der Waals surface area contributed by atoms with E-state index in [2.05, 4.69) is 3.63 Å². The largest absolute Gasteiger partial charge is 0.496 e. The zero-order valence-corrected chi connectivity index (χ0v) is 18.8. The lowest BCUT2D eigenvalue weighted by Crippen LogP contribution is -2.63. The Balaban J connectivity index is 2.15. The highest BCUT2D eigenvalue weighted by Crippen LogP contribution is 2.66. The fraction of sp³-hybridized carbons (Fsp3) is 0.474. The van der Waals surface area contributed by atoms with Crippen LogP contribution in [0.25, 0.3) is 10.8 Å². The van der Waals surface area contributed by atoms with Crippen LogP contribution >= 0.6 is 10.3 Å². The summed E-state index contributed by atoms with van der Waals surface area (Å²) in [6.07, 6.45) is -6.72. The first-order valence-corrected chi connectivity index (χ1v) is 12.8. The molecule has 0 aliphatic carbocycles. The summed E-state index contributed by atoms with van der Waals surface area (Å²) in [6, 6.07) is 8.72. The molecule has 1 aliphatic heterocycles. The number of ether oxygens (including phenoxy) is 1. The average molecular weight is 544 g/mol. The van der Waals surface area contributed by atoms with E-state index in [0.717, 1.165) is 0 Å². The molecule has 4 nitrogen and oxygen atoms in total. The molecule has 1 aliphatic rings. The van der Waals surface area contributed by atoms with Crippen LogP contribution < -0.4 is 4.74 Å². The Morgan fingerprint density at radius 2 is 1.32 bits per heavy atom. The first-order valence-electron chi connectivity index (χ1n) is 9.45. The minimum Gasteiger partial charge on any atom is -0.496 e. The first kappa shape index (κ1) is 26.7. The van der Waals surface area contributed by atoms with E-state index in [-0.39, 0.29) is 34.6 Å². The van der Waals surface area contributed by atoms with Crippen LogP contribution in [0.4, 0.5) is 39.5 Å². The molecule has 0 saturated carbocycles. The Bertz CT molecular complexity index is 1170. The lowest BCUT2D eigenvalue weighted by Gasteiger charge is -2.38. The lowest BCUT2D eigenvalue weighted by atomic mass is 10.1. The van der Waals surface area contributed by atoms with Crippen LogP contribution in [0.15, 0.2) is 41.3 Å². The molecule has 1 heterocycles. The van der Waals surface area contributed by atoms with E-state index >= 15 is 0 Å². The van der Waals surface area contributed by atoms with Crippen LogP contribution in [0.5, 0.6) is 5.75 Å². The summed E-state index contributed by atoms with van der Waals surface area (Å²) in [5, 5.41) is -6.24. The van der Waals surface area contributed by atoms with Crippen LogP contribution in [0.3, 0.4) is 0 Å². The SMILES string of the molecule is COc1ccc(S2(OS(=O)(=O)C(F)(F)C(F)(F)C(F)(F)C(F)(F)F)CCCC2)c2ccccc12. The quantitative estimate of drug-likeness (QED) is 0.374. The summed E-state index contributed by atoms with van der Waals surface area (Å²) in [4.78, 5) is 0.0340. The topological polar surface area (TPSA) is 52.6 Å². The van der Waals surface area contributed by atoms with E-state index in [0.29, 0.717) is 11.1 Å². The van der Waals surface area contributed by atoms with Crippen molar-refractivity contribution < 1.29 is 56.3 Å². The number of methoxy groups -OCH3 is 1. The maximum atomic E-state index is 14.3. The standard InChI is InChI=1S/C19H17F9O4S2/c1-31-14-8-9-15(13-7-3-2-6-12(13)14)33(10-4-5-11-33)32-34(29,30)19(27,28)17(22,23)16(20,21)18(24,25)26/h2-3,6-9H,4-5,10-11H2,1H3. The first-order chi connectivity index (χ1) is 15.5. The summed E-state index contributed by atoms with van der Waals surface area (Å²) in [5.74, 6) is -14.8. The molecule has 0 bridgehead atoms. The van der Waals surface area contributed by atoms with Crippen LogP contribution in [-0.4, -0.2) is 50.3 Å². The van der Waals surface area contributed by atoms with Gasteiger partial charge in [0.05, 0.1) is 7.11 Å². The Morgan fingerprint density at radius 3 is 1.82 bits per heavy atom.